The first kappa shape index (κ1) is 19.9. The molecule has 1 fully saturated rings. The van der Waals surface area contributed by atoms with Gasteiger partial charge in [-0.25, -0.2) is 0 Å². The van der Waals surface area contributed by atoms with Crippen LogP contribution in [0.15, 0.2) is 54.6 Å². The minimum absolute atomic E-state index is 0.193. The summed E-state index contributed by atoms with van der Waals surface area (Å²) in [6, 6.07) is 19.9. The summed E-state index contributed by atoms with van der Waals surface area (Å²) in [6.45, 7) is 5.34. The van der Waals surface area contributed by atoms with Crippen molar-refractivity contribution in [1.29, 1.82) is 5.26 Å². The highest BCUT2D eigenvalue weighted by molar-refractivity contribution is 5.76. The van der Waals surface area contributed by atoms with Gasteiger partial charge in [0.15, 0.2) is 0 Å². The topological polar surface area (TPSA) is 56.6 Å². The lowest BCUT2D eigenvalue weighted by atomic mass is 10.0. The molecule has 3 rings (SSSR count). The maximum absolute atomic E-state index is 12.5. The Morgan fingerprint density at radius 2 is 1.75 bits per heavy atom. The summed E-state index contributed by atoms with van der Waals surface area (Å²) in [5.41, 5.74) is 2.16. The van der Waals surface area contributed by atoms with Gasteiger partial charge in [0.25, 0.3) is 0 Å². The quantitative estimate of drug-likeness (QED) is 0.742. The van der Waals surface area contributed by atoms with E-state index in [2.05, 4.69) is 23.1 Å². The largest absolute Gasteiger partial charge is 0.494 e. The number of carbonyl (C=O) groups is 1. The van der Waals surface area contributed by atoms with Crippen molar-refractivity contribution in [2.24, 2.45) is 0 Å². The van der Waals surface area contributed by atoms with E-state index in [0.29, 0.717) is 39.2 Å². The van der Waals surface area contributed by atoms with Gasteiger partial charge in [-0.15, -0.1) is 0 Å². The molecule has 1 unspecified atom stereocenters. The fourth-order valence-electron chi connectivity index (χ4n) is 3.56. The van der Waals surface area contributed by atoms with Crippen LogP contribution in [0, 0.1) is 11.3 Å². The van der Waals surface area contributed by atoms with Crippen molar-refractivity contribution in [2.75, 3.05) is 32.8 Å². The molecule has 0 spiro atoms. The first-order valence-corrected chi connectivity index (χ1v) is 9.89. The average Bonchev–Trinajstić information content (AvgIpc) is 2.75. The van der Waals surface area contributed by atoms with Crippen molar-refractivity contribution in [2.45, 2.75) is 25.8 Å². The smallest absolute Gasteiger partial charge is 0.222 e. The molecule has 0 aromatic heterocycles. The second-order valence-electron chi connectivity index (χ2n) is 6.94. The van der Waals surface area contributed by atoms with Gasteiger partial charge in [-0.05, 0) is 36.6 Å². The van der Waals surface area contributed by atoms with Crippen LogP contribution in [-0.4, -0.2) is 48.5 Å². The lowest BCUT2D eigenvalue weighted by Gasteiger charge is -2.37. The molecule has 2 aromatic rings. The number of carbonyl (C=O) groups excluding carboxylic acids is 1. The Balaban J connectivity index is 1.51. The Kier molecular flexibility index (Phi) is 7.05. The average molecular weight is 377 g/mol. The van der Waals surface area contributed by atoms with Crippen LogP contribution in [0.3, 0.4) is 0 Å². The highest BCUT2D eigenvalue weighted by Gasteiger charge is 2.26. The molecule has 1 atom stereocenters. The molecule has 0 saturated carbocycles. The molecular weight excluding hydrogens is 350 g/mol. The third-order valence-corrected chi connectivity index (χ3v) is 5.13. The van der Waals surface area contributed by atoms with Gasteiger partial charge in [-0.3, -0.25) is 9.69 Å². The van der Waals surface area contributed by atoms with Gasteiger partial charge in [0.1, 0.15) is 11.8 Å². The first-order valence-electron chi connectivity index (χ1n) is 9.89. The van der Waals surface area contributed by atoms with Crippen LogP contribution < -0.4 is 4.74 Å². The van der Waals surface area contributed by atoms with Crippen LogP contribution in [-0.2, 0) is 11.2 Å². The molecule has 146 valence electrons. The van der Waals surface area contributed by atoms with E-state index in [0.717, 1.165) is 17.7 Å². The maximum atomic E-state index is 12.5. The van der Waals surface area contributed by atoms with Gasteiger partial charge in [-0.2, -0.15) is 5.26 Å². The third-order valence-electron chi connectivity index (χ3n) is 5.13. The van der Waals surface area contributed by atoms with Crippen molar-refractivity contribution in [1.82, 2.24) is 9.80 Å². The van der Waals surface area contributed by atoms with Crippen LogP contribution in [0.4, 0.5) is 0 Å². The molecule has 28 heavy (non-hydrogen) atoms. The second-order valence-corrected chi connectivity index (χ2v) is 6.94. The predicted octanol–water partition coefficient (Wildman–Crippen LogP) is 3.43. The van der Waals surface area contributed by atoms with E-state index in [1.807, 2.05) is 54.3 Å². The molecule has 5 heteroatoms. The van der Waals surface area contributed by atoms with Crippen LogP contribution in [0.5, 0.6) is 5.75 Å². The van der Waals surface area contributed by atoms with Crippen molar-refractivity contribution in [3.8, 4) is 11.8 Å². The minimum atomic E-state index is -0.294. The monoisotopic (exact) mass is 377 g/mol. The summed E-state index contributed by atoms with van der Waals surface area (Å²) in [7, 11) is 0. The first-order chi connectivity index (χ1) is 13.7. The Morgan fingerprint density at radius 3 is 2.36 bits per heavy atom. The normalized spacial score (nSPS) is 15.6. The number of aryl methyl sites for hydroxylation is 1. The summed E-state index contributed by atoms with van der Waals surface area (Å²) >= 11 is 0. The van der Waals surface area contributed by atoms with Crippen molar-refractivity contribution < 1.29 is 9.53 Å². The number of ether oxygens (including phenoxy) is 1. The molecule has 1 saturated heterocycles. The number of piperazine rings is 1. The number of hydrogen-bond donors (Lipinski definition) is 0. The lowest BCUT2D eigenvalue weighted by Crippen LogP contribution is -2.49. The van der Waals surface area contributed by atoms with Crippen LogP contribution >= 0.6 is 0 Å². The van der Waals surface area contributed by atoms with E-state index in [1.165, 1.54) is 5.56 Å². The van der Waals surface area contributed by atoms with Gasteiger partial charge >= 0.3 is 0 Å². The van der Waals surface area contributed by atoms with Gasteiger partial charge < -0.3 is 9.64 Å². The highest BCUT2D eigenvalue weighted by Crippen LogP contribution is 2.24. The van der Waals surface area contributed by atoms with E-state index in [-0.39, 0.29) is 11.9 Å². The Bertz CT molecular complexity index is 791. The zero-order valence-electron chi connectivity index (χ0n) is 16.4. The summed E-state index contributed by atoms with van der Waals surface area (Å²) in [4.78, 5) is 16.6. The van der Waals surface area contributed by atoms with Crippen molar-refractivity contribution in [3.63, 3.8) is 0 Å². The third kappa shape index (κ3) is 5.11. The summed E-state index contributed by atoms with van der Waals surface area (Å²) in [5.74, 6) is 1.01. The molecular formula is C23H27N3O2. The Labute approximate surface area is 167 Å². The van der Waals surface area contributed by atoms with Gasteiger partial charge in [-0.1, -0.05) is 42.5 Å². The number of nitrogens with zero attached hydrogens (tertiary/aromatic N) is 3. The number of amides is 1. The number of rotatable bonds is 7. The Hall–Kier alpha value is -2.84. The molecule has 0 aliphatic carbocycles. The van der Waals surface area contributed by atoms with Crippen LogP contribution in [0.2, 0.25) is 0 Å². The zero-order valence-corrected chi connectivity index (χ0v) is 16.4. The van der Waals surface area contributed by atoms with Gasteiger partial charge in [0, 0.05) is 32.6 Å². The molecule has 1 aliphatic rings. The molecule has 1 heterocycles. The van der Waals surface area contributed by atoms with Crippen molar-refractivity contribution >= 4 is 5.91 Å². The van der Waals surface area contributed by atoms with E-state index >= 15 is 0 Å². The number of nitriles is 1. The maximum Gasteiger partial charge on any atom is 0.222 e. The van der Waals surface area contributed by atoms with Crippen LogP contribution in [0.25, 0.3) is 0 Å². The standard InChI is InChI=1S/C23H27N3O2/c1-2-28-21-11-9-20(10-12-21)22(18-24)25-14-16-26(17-15-25)23(27)13-8-19-6-4-3-5-7-19/h3-7,9-12,22H,2,8,13-17H2,1H3. The molecule has 2 aromatic carbocycles. The molecule has 5 nitrogen and oxygen atoms in total. The summed E-state index contributed by atoms with van der Waals surface area (Å²) < 4.78 is 5.47. The fraction of sp³-hybridized carbons (Fsp3) is 0.391. The lowest BCUT2D eigenvalue weighted by molar-refractivity contribution is -0.133. The number of benzene rings is 2. The zero-order chi connectivity index (χ0) is 19.8. The molecule has 1 aliphatic heterocycles. The van der Waals surface area contributed by atoms with E-state index in [4.69, 9.17) is 4.74 Å². The molecule has 0 bridgehead atoms. The van der Waals surface area contributed by atoms with Crippen molar-refractivity contribution in [3.05, 3.63) is 65.7 Å². The number of hydrogen-bond acceptors (Lipinski definition) is 4. The molecule has 1 amide bonds. The van der Waals surface area contributed by atoms with Crippen LogP contribution in [0.1, 0.15) is 30.5 Å². The SMILES string of the molecule is CCOc1ccc(C(C#N)N2CCN(C(=O)CCc3ccccc3)CC2)cc1. The van der Waals surface area contributed by atoms with E-state index in [9.17, 15) is 10.1 Å². The van der Waals surface area contributed by atoms with E-state index < -0.39 is 0 Å². The summed E-state index contributed by atoms with van der Waals surface area (Å²) in [6.07, 6.45) is 1.30. The molecule has 0 radical (unpaired) electrons. The van der Waals surface area contributed by atoms with E-state index in [1.54, 1.807) is 0 Å². The minimum Gasteiger partial charge on any atom is -0.494 e. The molecule has 0 N–H and O–H groups in total. The second kappa shape index (κ2) is 9.91. The van der Waals surface area contributed by atoms with Gasteiger partial charge in [0.05, 0.1) is 12.7 Å². The highest BCUT2D eigenvalue weighted by atomic mass is 16.5. The van der Waals surface area contributed by atoms with Gasteiger partial charge in [0.2, 0.25) is 5.91 Å². The fourth-order valence-corrected chi connectivity index (χ4v) is 3.56. The summed E-state index contributed by atoms with van der Waals surface area (Å²) in [5, 5.41) is 9.69. The predicted molar refractivity (Wildman–Crippen MR) is 109 cm³/mol. The Morgan fingerprint density at radius 1 is 1.07 bits per heavy atom.